The molecule has 1 heterocycles. The molecule has 0 saturated heterocycles. The molecular weight excluding hydrogens is 112 g/mol. The number of halogens is 1. The van der Waals surface area contributed by atoms with Crippen molar-refractivity contribution in [2.24, 2.45) is 4.99 Å². The van der Waals surface area contributed by atoms with Crippen LogP contribution in [0.5, 0.6) is 0 Å². The highest BCUT2D eigenvalue weighted by Gasteiger charge is 2.17. The standard InChI is InChI=1S/C4H5ClN2/c1-3-4(5)7-2-6-3/h3-4H,1H3. The summed E-state index contributed by atoms with van der Waals surface area (Å²) in [5.74, 6) is 0. The number of aliphatic imine (C=N–C) groups is 1. The van der Waals surface area contributed by atoms with E-state index in [1.165, 1.54) is 0 Å². The molecule has 1 aliphatic heterocycles. The maximum absolute atomic E-state index is 5.54. The third kappa shape index (κ3) is 0.855. The predicted molar refractivity (Wildman–Crippen MR) is 28.7 cm³/mol. The van der Waals surface area contributed by atoms with Gasteiger partial charge in [0.05, 0.1) is 6.04 Å². The fraction of sp³-hybridized carbons (Fsp3) is 0.750. The highest BCUT2D eigenvalue weighted by molar-refractivity contribution is 6.21. The number of hydrogen-bond acceptors (Lipinski definition) is 1. The molecule has 0 fully saturated rings. The minimum atomic E-state index is -0.167. The zero-order chi connectivity index (χ0) is 5.28. The zero-order valence-electron chi connectivity index (χ0n) is 3.93. The summed E-state index contributed by atoms with van der Waals surface area (Å²) in [5.41, 5.74) is -0.167. The Morgan fingerprint density at radius 1 is 1.71 bits per heavy atom. The van der Waals surface area contributed by atoms with Crippen molar-refractivity contribution in [3.63, 3.8) is 0 Å². The van der Waals surface area contributed by atoms with Crippen LogP contribution in [0.25, 0.3) is 0 Å². The van der Waals surface area contributed by atoms with Crippen LogP contribution in [0.15, 0.2) is 4.99 Å². The Kier molecular flexibility index (Phi) is 1.19. The molecule has 0 spiro atoms. The highest BCUT2D eigenvalue weighted by Crippen LogP contribution is 2.07. The summed E-state index contributed by atoms with van der Waals surface area (Å²) in [6.45, 7) is 1.90. The molecule has 0 aromatic rings. The molecule has 0 saturated carbocycles. The second-order valence-corrected chi connectivity index (χ2v) is 1.92. The Morgan fingerprint density at radius 3 is 2.57 bits per heavy atom. The van der Waals surface area contributed by atoms with Gasteiger partial charge in [-0.2, -0.15) is 0 Å². The Hall–Kier alpha value is -0.240. The molecular formula is C4H5ClN2. The minimum Gasteiger partial charge on any atom is -0.257 e. The zero-order valence-corrected chi connectivity index (χ0v) is 4.68. The van der Waals surface area contributed by atoms with E-state index in [4.69, 9.17) is 11.6 Å². The number of rotatable bonds is 0. The van der Waals surface area contributed by atoms with Crippen molar-refractivity contribution < 1.29 is 0 Å². The normalized spacial score (nSPS) is 38.6. The Balaban J connectivity index is 2.45. The average molecular weight is 117 g/mol. The van der Waals surface area contributed by atoms with Gasteiger partial charge in [-0.25, -0.2) is 4.99 Å². The van der Waals surface area contributed by atoms with Gasteiger partial charge in [0.1, 0.15) is 5.50 Å². The van der Waals surface area contributed by atoms with E-state index in [-0.39, 0.29) is 11.5 Å². The number of nitrogens with zero attached hydrogens (tertiary/aromatic N) is 2. The molecule has 2 nitrogen and oxygen atoms in total. The van der Waals surface area contributed by atoms with Crippen LogP contribution in [0.2, 0.25) is 0 Å². The molecule has 0 aromatic heterocycles. The quantitative estimate of drug-likeness (QED) is 0.325. The van der Waals surface area contributed by atoms with Crippen molar-refractivity contribution in [2.45, 2.75) is 18.5 Å². The number of alkyl halides is 1. The molecule has 38 valence electrons. The summed E-state index contributed by atoms with van der Waals surface area (Å²) in [6.07, 6.45) is 2.44. The van der Waals surface area contributed by atoms with E-state index in [1.54, 1.807) is 0 Å². The summed E-state index contributed by atoms with van der Waals surface area (Å²) in [6, 6.07) is 0.127. The largest absolute Gasteiger partial charge is 0.257 e. The van der Waals surface area contributed by atoms with Crippen LogP contribution >= 0.6 is 11.6 Å². The molecule has 1 aliphatic rings. The van der Waals surface area contributed by atoms with Gasteiger partial charge >= 0.3 is 0 Å². The van der Waals surface area contributed by atoms with Crippen molar-refractivity contribution in [3.05, 3.63) is 0 Å². The second-order valence-electron chi connectivity index (χ2n) is 1.47. The third-order valence-electron chi connectivity index (χ3n) is 0.841. The van der Waals surface area contributed by atoms with E-state index in [2.05, 4.69) is 16.6 Å². The number of hydrogen-bond donors (Lipinski definition) is 0. The van der Waals surface area contributed by atoms with Crippen LogP contribution in [0.1, 0.15) is 6.92 Å². The average Bonchev–Trinajstić information content (AvgIpc) is 1.91. The van der Waals surface area contributed by atoms with Crippen LogP contribution in [-0.4, -0.2) is 17.9 Å². The molecule has 0 amide bonds. The van der Waals surface area contributed by atoms with E-state index in [0.717, 1.165) is 0 Å². The van der Waals surface area contributed by atoms with E-state index >= 15 is 0 Å². The van der Waals surface area contributed by atoms with E-state index in [1.807, 2.05) is 6.92 Å². The Labute approximate surface area is 47.6 Å². The third-order valence-corrected chi connectivity index (χ3v) is 1.30. The fourth-order valence-electron chi connectivity index (χ4n) is 0.349. The van der Waals surface area contributed by atoms with Gasteiger partial charge in [0, 0.05) is 0 Å². The van der Waals surface area contributed by atoms with Crippen LogP contribution in [0.4, 0.5) is 0 Å². The van der Waals surface area contributed by atoms with Crippen molar-refractivity contribution in [3.8, 4) is 0 Å². The van der Waals surface area contributed by atoms with Gasteiger partial charge in [0.25, 0.3) is 0 Å². The second kappa shape index (κ2) is 1.70. The summed E-state index contributed by atoms with van der Waals surface area (Å²) in [5, 5.41) is 3.77. The van der Waals surface area contributed by atoms with Crippen LogP contribution < -0.4 is 5.32 Å². The lowest BCUT2D eigenvalue weighted by molar-refractivity contribution is 0.679. The van der Waals surface area contributed by atoms with Crippen LogP contribution in [0, 0.1) is 0 Å². The predicted octanol–water partition coefficient (Wildman–Crippen LogP) is 0.463. The molecule has 7 heavy (non-hydrogen) atoms. The lowest BCUT2D eigenvalue weighted by Gasteiger charge is -1.99. The summed E-state index contributed by atoms with van der Waals surface area (Å²) in [4.78, 5) is 3.67. The molecule has 3 heteroatoms. The summed E-state index contributed by atoms with van der Waals surface area (Å²) < 4.78 is 0. The Bertz CT molecular complexity index is 91.7. The minimum absolute atomic E-state index is 0.127. The first-order valence-electron chi connectivity index (χ1n) is 2.09. The van der Waals surface area contributed by atoms with Crippen molar-refractivity contribution in [1.82, 2.24) is 5.32 Å². The van der Waals surface area contributed by atoms with Crippen molar-refractivity contribution in [1.29, 1.82) is 0 Å². The van der Waals surface area contributed by atoms with Gasteiger partial charge in [0.15, 0.2) is 6.34 Å². The SMILES string of the molecule is CC1[N][C]=NC1Cl. The van der Waals surface area contributed by atoms with E-state index in [0.29, 0.717) is 0 Å². The molecule has 2 unspecified atom stereocenters. The molecule has 2 radical (unpaired) electrons. The highest BCUT2D eigenvalue weighted by atomic mass is 35.5. The monoisotopic (exact) mass is 116 g/mol. The fourth-order valence-corrected chi connectivity index (χ4v) is 0.449. The Morgan fingerprint density at radius 2 is 2.43 bits per heavy atom. The first kappa shape index (κ1) is 4.91. The van der Waals surface area contributed by atoms with Crippen LogP contribution in [0.3, 0.4) is 0 Å². The van der Waals surface area contributed by atoms with E-state index in [9.17, 15) is 0 Å². The molecule has 0 bridgehead atoms. The first-order valence-corrected chi connectivity index (χ1v) is 2.53. The van der Waals surface area contributed by atoms with Gasteiger partial charge in [-0.05, 0) is 6.92 Å². The summed E-state index contributed by atoms with van der Waals surface area (Å²) in [7, 11) is 0. The molecule has 1 rings (SSSR count). The maximum Gasteiger partial charge on any atom is 0.189 e. The maximum atomic E-state index is 5.54. The summed E-state index contributed by atoms with van der Waals surface area (Å²) >= 11 is 5.54. The lowest BCUT2D eigenvalue weighted by atomic mass is 10.4. The van der Waals surface area contributed by atoms with Gasteiger partial charge in [0.2, 0.25) is 0 Å². The molecule has 0 N–H and O–H groups in total. The van der Waals surface area contributed by atoms with Gasteiger partial charge < -0.3 is 0 Å². The smallest absolute Gasteiger partial charge is 0.189 e. The van der Waals surface area contributed by atoms with Crippen molar-refractivity contribution in [2.75, 3.05) is 0 Å². The van der Waals surface area contributed by atoms with Gasteiger partial charge in [-0.3, -0.25) is 5.32 Å². The first-order chi connectivity index (χ1) is 3.30. The van der Waals surface area contributed by atoms with Gasteiger partial charge in [-0.1, -0.05) is 11.6 Å². The van der Waals surface area contributed by atoms with E-state index < -0.39 is 0 Å². The molecule has 0 aliphatic carbocycles. The lowest BCUT2D eigenvalue weighted by Crippen LogP contribution is -2.17. The van der Waals surface area contributed by atoms with Gasteiger partial charge in [-0.15, -0.1) is 0 Å². The topological polar surface area (TPSA) is 26.5 Å². The molecule has 0 aromatic carbocycles. The molecule has 2 atom stereocenters. The van der Waals surface area contributed by atoms with Crippen LogP contribution in [-0.2, 0) is 0 Å². The van der Waals surface area contributed by atoms with Crippen molar-refractivity contribution >= 4 is 17.9 Å².